The van der Waals surface area contributed by atoms with Crippen LogP contribution < -0.4 is 5.32 Å². The number of aliphatic hydroxyl groups is 1. The fraction of sp³-hybridized carbons (Fsp3) is 0.364. The number of benzene rings is 2. The minimum absolute atomic E-state index is 0.00259. The Kier molecular flexibility index (Phi) is 6.87. The summed E-state index contributed by atoms with van der Waals surface area (Å²) in [5.74, 6) is -1.39. The highest BCUT2D eigenvalue weighted by Crippen LogP contribution is 2.34. The van der Waals surface area contributed by atoms with Crippen LogP contribution in [0, 0.1) is 5.41 Å². The Bertz CT molecular complexity index is 970. The first kappa shape index (κ1) is 23.7. The number of amides is 2. The standard InChI is InChI=1S/C22H23F3N2O5/c1-21(12-27(31)20(30)14-6-3-2-4-7-14)13-32-17(18(21)28)11-26-19(29)15-8-5-9-16(10-15)22(23,24)25/h2-10,17-18,28,31H,11-13H2,1H3,(H,26,29)/t17-,18-,21-/m1/s1. The minimum atomic E-state index is -4.57. The van der Waals surface area contributed by atoms with Gasteiger partial charge in [-0.05, 0) is 30.3 Å². The molecule has 2 aromatic rings. The van der Waals surface area contributed by atoms with Gasteiger partial charge < -0.3 is 15.2 Å². The van der Waals surface area contributed by atoms with Crippen LogP contribution in [0.25, 0.3) is 0 Å². The molecule has 0 aliphatic carbocycles. The van der Waals surface area contributed by atoms with Crippen molar-refractivity contribution in [2.24, 2.45) is 5.41 Å². The van der Waals surface area contributed by atoms with Gasteiger partial charge in [0.15, 0.2) is 0 Å². The fourth-order valence-corrected chi connectivity index (χ4v) is 3.51. The van der Waals surface area contributed by atoms with Crippen molar-refractivity contribution in [1.82, 2.24) is 10.4 Å². The van der Waals surface area contributed by atoms with Crippen molar-refractivity contribution in [3.63, 3.8) is 0 Å². The Balaban J connectivity index is 1.58. The first-order valence-corrected chi connectivity index (χ1v) is 9.82. The molecule has 1 aliphatic heterocycles. The monoisotopic (exact) mass is 452 g/mol. The predicted octanol–water partition coefficient (Wildman–Crippen LogP) is 2.73. The smallest absolute Gasteiger partial charge is 0.390 e. The molecular formula is C22H23F3N2O5. The van der Waals surface area contributed by atoms with E-state index in [1.165, 1.54) is 6.07 Å². The van der Waals surface area contributed by atoms with Gasteiger partial charge in [-0.25, -0.2) is 5.06 Å². The van der Waals surface area contributed by atoms with E-state index in [1.54, 1.807) is 37.3 Å². The second-order valence-corrected chi connectivity index (χ2v) is 7.97. The van der Waals surface area contributed by atoms with Gasteiger partial charge in [-0.15, -0.1) is 0 Å². The molecule has 2 aromatic carbocycles. The predicted molar refractivity (Wildman–Crippen MR) is 107 cm³/mol. The van der Waals surface area contributed by atoms with Crippen LogP contribution in [0.4, 0.5) is 13.2 Å². The highest BCUT2D eigenvalue weighted by atomic mass is 19.4. The summed E-state index contributed by atoms with van der Waals surface area (Å²) in [5, 5.41) is 23.8. The molecule has 32 heavy (non-hydrogen) atoms. The first-order chi connectivity index (χ1) is 15.0. The molecule has 0 radical (unpaired) electrons. The average molecular weight is 452 g/mol. The maximum Gasteiger partial charge on any atom is 0.416 e. The quantitative estimate of drug-likeness (QED) is 0.463. The molecule has 3 rings (SSSR count). The molecule has 0 bridgehead atoms. The Morgan fingerprint density at radius 3 is 2.47 bits per heavy atom. The van der Waals surface area contributed by atoms with Crippen molar-refractivity contribution in [2.75, 3.05) is 19.7 Å². The van der Waals surface area contributed by atoms with E-state index in [9.17, 15) is 33.1 Å². The van der Waals surface area contributed by atoms with E-state index in [0.717, 1.165) is 18.2 Å². The van der Waals surface area contributed by atoms with Crippen LogP contribution in [-0.4, -0.2) is 59.1 Å². The van der Waals surface area contributed by atoms with Crippen molar-refractivity contribution in [3.8, 4) is 0 Å². The van der Waals surface area contributed by atoms with Gasteiger partial charge in [-0.1, -0.05) is 31.2 Å². The Morgan fingerprint density at radius 1 is 1.16 bits per heavy atom. The molecule has 3 N–H and O–H groups in total. The van der Waals surface area contributed by atoms with Gasteiger partial charge in [-0.2, -0.15) is 13.2 Å². The van der Waals surface area contributed by atoms with E-state index in [0.29, 0.717) is 5.06 Å². The highest BCUT2D eigenvalue weighted by molar-refractivity contribution is 5.94. The average Bonchev–Trinajstić information content (AvgIpc) is 3.05. The summed E-state index contributed by atoms with van der Waals surface area (Å²) in [7, 11) is 0. The SMILES string of the molecule is C[C@@]1(CN(O)C(=O)c2ccccc2)CO[C@H](CNC(=O)c2cccc(C(F)(F)F)c2)[C@H]1O. The number of aliphatic hydroxyl groups excluding tert-OH is 1. The van der Waals surface area contributed by atoms with E-state index in [4.69, 9.17) is 4.74 Å². The molecule has 0 aromatic heterocycles. The van der Waals surface area contributed by atoms with Crippen LogP contribution in [0.15, 0.2) is 54.6 Å². The van der Waals surface area contributed by atoms with Crippen molar-refractivity contribution in [3.05, 3.63) is 71.3 Å². The van der Waals surface area contributed by atoms with Crippen LogP contribution in [0.2, 0.25) is 0 Å². The number of hydrogen-bond acceptors (Lipinski definition) is 5. The Labute approximate surface area is 182 Å². The van der Waals surface area contributed by atoms with E-state index < -0.39 is 41.2 Å². The zero-order valence-electron chi connectivity index (χ0n) is 17.2. The van der Waals surface area contributed by atoms with Crippen LogP contribution in [-0.2, 0) is 10.9 Å². The molecular weight excluding hydrogens is 429 g/mol. The molecule has 1 saturated heterocycles. The number of rotatable bonds is 6. The summed E-state index contributed by atoms with van der Waals surface area (Å²) in [6, 6.07) is 12.1. The summed E-state index contributed by atoms with van der Waals surface area (Å²) in [6.45, 7) is 1.23. The van der Waals surface area contributed by atoms with Crippen LogP contribution in [0.1, 0.15) is 33.2 Å². The third-order valence-electron chi connectivity index (χ3n) is 5.38. The molecule has 2 amide bonds. The molecule has 0 unspecified atom stereocenters. The number of alkyl halides is 3. The molecule has 3 atom stereocenters. The third kappa shape index (κ3) is 5.26. The van der Waals surface area contributed by atoms with Crippen molar-refractivity contribution in [1.29, 1.82) is 0 Å². The summed E-state index contributed by atoms with van der Waals surface area (Å²) < 4.78 is 44.0. The molecule has 172 valence electrons. The normalized spacial score (nSPS) is 23.1. The van der Waals surface area contributed by atoms with Gasteiger partial charge in [0.2, 0.25) is 0 Å². The maximum absolute atomic E-state index is 12.8. The van der Waals surface area contributed by atoms with Gasteiger partial charge >= 0.3 is 6.18 Å². The van der Waals surface area contributed by atoms with Gasteiger partial charge in [0.05, 0.1) is 24.8 Å². The summed E-state index contributed by atoms with van der Waals surface area (Å²) in [4.78, 5) is 24.6. The lowest BCUT2D eigenvalue weighted by molar-refractivity contribution is -0.137. The number of nitrogens with one attached hydrogen (secondary N) is 1. The number of hydrogen-bond donors (Lipinski definition) is 3. The maximum atomic E-state index is 12.8. The molecule has 1 aliphatic rings. The van der Waals surface area contributed by atoms with Crippen LogP contribution >= 0.6 is 0 Å². The molecule has 1 fully saturated rings. The van der Waals surface area contributed by atoms with Crippen LogP contribution in [0.5, 0.6) is 0 Å². The third-order valence-corrected chi connectivity index (χ3v) is 5.38. The second-order valence-electron chi connectivity index (χ2n) is 7.97. The van der Waals surface area contributed by atoms with Crippen molar-refractivity contribution >= 4 is 11.8 Å². The van der Waals surface area contributed by atoms with Crippen molar-refractivity contribution in [2.45, 2.75) is 25.3 Å². The largest absolute Gasteiger partial charge is 0.416 e. The fourth-order valence-electron chi connectivity index (χ4n) is 3.51. The lowest BCUT2D eigenvalue weighted by atomic mass is 9.84. The van der Waals surface area contributed by atoms with E-state index in [-0.39, 0.29) is 30.8 Å². The first-order valence-electron chi connectivity index (χ1n) is 9.82. The lowest BCUT2D eigenvalue weighted by Gasteiger charge is -2.31. The zero-order valence-corrected chi connectivity index (χ0v) is 17.2. The Hall–Kier alpha value is -2.95. The molecule has 0 saturated carbocycles. The Morgan fingerprint density at radius 2 is 1.81 bits per heavy atom. The second kappa shape index (κ2) is 9.27. The lowest BCUT2D eigenvalue weighted by Crippen LogP contribution is -2.47. The molecule has 1 heterocycles. The van der Waals surface area contributed by atoms with Gasteiger partial charge in [-0.3, -0.25) is 14.8 Å². The van der Waals surface area contributed by atoms with Crippen LogP contribution in [0.3, 0.4) is 0 Å². The number of carbonyl (C=O) groups excluding carboxylic acids is 2. The molecule has 0 spiro atoms. The van der Waals surface area contributed by atoms with Crippen molar-refractivity contribution < 1.29 is 37.8 Å². The number of hydroxylamine groups is 2. The number of nitrogens with zero attached hydrogens (tertiary/aromatic N) is 1. The number of halogens is 3. The topological polar surface area (TPSA) is 99.1 Å². The molecule has 10 heteroatoms. The van der Waals surface area contributed by atoms with Gasteiger partial charge in [0, 0.05) is 23.1 Å². The van der Waals surface area contributed by atoms with E-state index >= 15 is 0 Å². The number of ether oxygens (including phenoxy) is 1. The molecule has 7 nitrogen and oxygen atoms in total. The minimum Gasteiger partial charge on any atom is -0.390 e. The number of carbonyl (C=O) groups is 2. The van der Waals surface area contributed by atoms with Gasteiger partial charge in [0.1, 0.15) is 6.10 Å². The summed E-state index contributed by atoms with van der Waals surface area (Å²) in [6.07, 6.45) is -6.59. The summed E-state index contributed by atoms with van der Waals surface area (Å²) in [5.41, 5.74) is -1.87. The van der Waals surface area contributed by atoms with E-state index in [1.807, 2.05) is 0 Å². The highest BCUT2D eigenvalue weighted by Gasteiger charge is 2.47. The summed E-state index contributed by atoms with van der Waals surface area (Å²) >= 11 is 0. The van der Waals surface area contributed by atoms with E-state index in [2.05, 4.69) is 5.32 Å². The zero-order chi connectivity index (χ0) is 23.5. The van der Waals surface area contributed by atoms with Gasteiger partial charge in [0.25, 0.3) is 11.8 Å².